The fourth-order valence-electron chi connectivity index (χ4n) is 4.68. The SMILES string of the molecule is CC[C@H](C)NC(=O)[C@H](Cc1ccccc1)N(Cc1ccc(Cl)cc1Cl)C(=O)CN(c1ccc(F)cc1)S(=O)(=O)c1ccccc1. The highest BCUT2D eigenvalue weighted by atomic mass is 35.5. The first-order valence-electron chi connectivity index (χ1n) is 14.4. The zero-order valence-corrected chi connectivity index (χ0v) is 27.2. The van der Waals surface area contributed by atoms with Gasteiger partial charge in [-0.2, -0.15) is 0 Å². The molecule has 4 aromatic rings. The normalized spacial score (nSPS) is 12.6. The third-order valence-corrected chi connectivity index (χ3v) is 9.73. The van der Waals surface area contributed by atoms with Crippen LogP contribution < -0.4 is 9.62 Å². The maximum atomic E-state index is 14.4. The van der Waals surface area contributed by atoms with Crippen LogP contribution in [0.5, 0.6) is 0 Å². The summed E-state index contributed by atoms with van der Waals surface area (Å²) in [6.45, 7) is 3.02. The van der Waals surface area contributed by atoms with Crippen LogP contribution in [0.15, 0.2) is 108 Å². The molecule has 0 aromatic heterocycles. The molecule has 0 saturated heterocycles. The molecular weight excluding hydrogens is 636 g/mol. The molecule has 4 aromatic carbocycles. The number of amides is 2. The van der Waals surface area contributed by atoms with Gasteiger partial charge in [0, 0.05) is 29.1 Å². The molecule has 45 heavy (non-hydrogen) atoms. The van der Waals surface area contributed by atoms with Crippen molar-refractivity contribution >= 4 is 50.7 Å². The van der Waals surface area contributed by atoms with E-state index in [1.165, 1.54) is 35.2 Å². The van der Waals surface area contributed by atoms with Gasteiger partial charge in [0.1, 0.15) is 18.4 Å². The van der Waals surface area contributed by atoms with Crippen LogP contribution in [0.3, 0.4) is 0 Å². The minimum Gasteiger partial charge on any atom is -0.352 e. The van der Waals surface area contributed by atoms with Gasteiger partial charge in [-0.05, 0) is 73.0 Å². The minimum atomic E-state index is -4.29. The number of sulfonamides is 1. The van der Waals surface area contributed by atoms with Crippen molar-refractivity contribution in [1.29, 1.82) is 0 Å². The van der Waals surface area contributed by atoms with Crippen LogP contribution >= 0.6 is 23.2 Å². The van der Waals surface area contributed by atoms with E-state index < -0.39 is 40.2 Å². The van der Waals surface area contributed by atoms with Gasteiger partial charge < -0.3 is 10.2 Å². The first-order chi connectivity index (χ1) is 21.5. The van der Waals surface area contributed by atoms with E-state index in [-0.39, 0.29) is 34.6 Å². The quantitative estimate of drug-likeness (QED) is 0.168. The van der Waals surface area contributed by atoms with E-state index in [0.29, 0.717) is 17.0 Å². The number of carbonyl (C=O) groups excluding carboxylic acids is 2. The molecule has 0 heterocycles. The van der Waals surface area contributed by atoms with Crippen molar-refractivity contribution in [1.82, 2.24) is 10.2 Å². The molecule has 11 heteroatoms. The average Bonchev–Trinajstić information content (AvgIpc) is 3.03. The molecule has 0 spiro atoms. The number of carbonyl (C=O) groups is 2. The summed E-state index contributed by atoms with van der Waals surface area (Å²) in [7, 11) is -4.29. The lowest BCUT2D eigenvalue weighted by Crippen LogP contribution is -2.54. The molecule has 0 unspecified atom stereocenters. The van der Waals surface area contributed by atoms with Gasteiger partial charge in [0.15, 0.2) is 0 Å². The number of anilines is 1. The summed E-state index contributed by atoms with van der Waals surface area (Å²) in [6.07, 6.45) is 0.816. The van der Waals surface area contributed by atoms with Gasteiger partial charge in [-0.3, -0.25) is 13.9 Å². The fourth-order valence-corrected chi connectivity index (χ4v) is 6.59. The lowest BCUT2D eigenvalue weighted by atomic mass is 10.0. The second kappa shape index (κ2) is 15.4. The van der Waals surface area contributed by atoms with E-state index >= 15 is 0 Å². The van der Waals surface area contributed by atoms with Crippen LogP contribution in [0, 0.1) is 5.82 Å². The molecule has 1 N–H and O–H groups in total. The molecule has 236 valence electrons. The predicted octanol–water partition coefficient (Wildman–Crippen LogP) is 6.88. The summed E-state index contributed by atoms with van der Waals surface area (Å²) in [5.74, 6) is -1.62. The van der Waals surface area contributed by atoms with Crippen molar-refractivity contribution in [3.05, 3.63) is 130 Å². The van der Waals surface area contributed by atoms with Crippen LogP contribution in [0.4, 0.5) is 10.1 Å². The number of nitrogens with one attached hydrogen (secondary N) is 1. The standard InChI is InChI=1S/C34H34Cl2FN3O4S/c1-3-24(2)38-34(42)32(20-25-10-6-4-7-11-25)39(22-26-14-15-27(35)21-31(26)36)33(41)23-40(29-18-16-28(37)17-19-29)45(43,44)30-12-8-5-9-13-30/h4-19,21,24,32H,3,20,22-23H2,1-2H3,(H,38,42)/t24-,32-/m0/s1. The monoisotopic (exact) mass is 669 g/mol. The van der Waals surface area contributed by atoms with Crippen LogP contribution in [0.1, 0.15) is 31.4 Å². The summed E-state index contributed by atoms with van der Waals surface area (Å²) in [5.41, 5.74) is 1.40. The third kappa shape index (κ3) is 8.84. The topological polar surface area (TPSA) is 86.8 Å². The molecule has 0 aliphatic rings. The van der Waals surface area contributed by atoms with E-state index in [4.69, 9.17) is 23.2 Å². The Bertz CT molecular complexity index is 1710. The fraction of sp³-hybridized carbons (Fsp3) is 0.235. The van der Waals surface area contributed by atoms with Gasteiger partial charge >= 0.3 is 0 Å². The van der Waals surface area contributed by atoms with E-state index in [0.717, 1.165) is 22.0 Å². The lowest BCUT2D eigenvalue weighted by molar-refractivity contribution is -0.140. The van der Waals surface area contributed by atoms with E-state index in [2.05, 4.69) is 5.32 Å². The summed E-state index contributed by atoms with van der Waals surface area (Å²) >= 11 is 12.7. The smallest absolute Gasteiger partial charge is 0.264 e. The van der Waals surface area contributed by atoms with Gasteiger partial charge in [-0.15, -0.1) is 0 Å². The van der Waals surface area contributed by atoms with Gasteiger partial charge in [0.25, 0.3) is 10.0 Å². The predicted molar refractivity (Wildman–Crippen MR) is 176 cm³/mol. The molecule has 2 atom stereocenters. The van der Waals surface area contributed by atoms with Crippen LogP contribution in [-0.4, -0.2) is 43.8 Å². The maximum absolute atomic E-state index is 14.4. The average molecular weight is 671 g/mol. The molecule has 0 saturated carbocycles. The van der Waals surface area contributed by atoms with Crippen molar-refractivity contribution in [2.24, 2.45) is 0 Å². The largest absolute Gasteiger partial charge is 0.352 e. The third-order valence-electron chi connectivity index (χ3n) is 7.35. The summed E-state index contributed by atoms with van der Waals surface area (Å²) < 4.78 is 42.7. The zero-order valence-electron chi connectivity index (χ0n) is 24.9. The lowest BCUT2D eigenvalue weighted by Gasteiger charge is -2.34. The van der Waals surface area contributed by atoms with Crippen molar-refractivity contribution in [3.63, 3.8) is 0 Å². The van der Waals surface area contributed by atoms with Crippen molar-refractivity contribution in [2.75, 3.05) is 10.8 Å². The molecule has 0 fully saturated rings. The second-order valence-electron chi connectivity index (χ2n) is 10.6. The van der Waals surface area contributed by atoms with E-state index in [1.54, 1.807) is 30.3 Å². The summed E-state index contributed by atoms with van der Waals surface area (Å²) in [5, 5.41) is 3.66. The van der Waals surface area contributed by atoms with Crippen molar-refractivity contribution in [2.45, 2.75) is 50.2 Å². The van der Waals surface area contributed by atoms with Gasteiger partial charge in [0.2, 0.25) is 11.8 Å². The molecule has 2 amide bonds. The number of nitrogens with zero attached hydrogens (tertiary/aromatic N) is 2. The Balaban J connectivity index is 1.82. The van der Waals surface area contributed by atoms with Crippen LogP contribution in [-0.2, 0) is 32.6 Å². The maximum Gasteiger partial charge on any atom is 0.264 e. The first-order valence-corrected chi connectivity index (χ1v) is 16.6. The van der Waals surface area contributed by atoms with Crippen molar-refractivity contribution in [3.8, 4) is 0 Å². The molecule has 0 radical (unpaired) electrons. The van der Waals surface area contributed by atoms with E-state index in [1.807, 2.05) is 44.2 Å². The zero-order chi connectivity index (χ0) is 32.6. The molecule has 0 bridgehead atoms. The highest BCUT2D eigenvalue weighted by molar-refractivity contribution is 7.92. The van der Waals surface area contributed by atoms with Crippen molar-refractivity contribution < 1.29 is 22.4 Å². The van der Waals surface area contributed by atoms with Crippen LogP contribution in [0.25, 0.3) is 0 Å². The number of rotatable bonds is 13. The molecule has 0 aliphatic carbocycles. The van der Waals surface area contributed by atoms with Crippen LogP contribution in [0.2, 0.25) is 10.0 Å². The number of benzene rings is 4. The number of halogens is 3. The van der Waals surface area contributed by atoms with Gasteiger partial charge in [-0.25, -0.2) is 12.8 Å². The number of hydrogen-bond donors (Lipinski definition) is 1. The molecular formula is C34H34Cl2FN3O4S. The Morgan fingerprint density at radius 1 is 0.889 bits per heavy atom. The summed E-state index contributed by atoms with van der Waals surface area (Å²) in [6, 6.07) is 25.3. The van der Waals surface area contributed by atoms with Gasteiger partial charge in [-0.1, -0.05) is 84.7 Å². The van der Waals surface area contributed by atoms with E-state index in [9.17, 15) is 22.4 Å². The Morgan fingerprint density at radius 3 is 2.11 bits per heavy atom. The summed E-state index contributed by atoms with van der Waals surface area (Å²) in [4.78, 5) is 29.6. The first kappa shape index (κ1) is 34.0. The highest BCUT2D eigenvalue weighted by Gasteiger charge is 2.35. The Hall–Kier alpha value is -3.92. The highest BCUT2D eigenvalue weighted by Crippen LogP contribution is 2.27. The van der Waals surface area contributed by atoms with Gasteiger partial charge in [0.05, 0.1) is 10.6 Å². The molecule has 0 aliphatic heterocycles. The molecule has 4 rings (SSSR count). The minimum absolute atomic E-state index is 0.0511. The number of hydrogen-bond acceptors (Lipinski definition) is 4. The Kier molecular flexibility index (Phi) is 11.6. The second-order valence-corrected chi connectivity index (χ2v) is 13.3. The Morgan fingerprint density at radius 2 is 1.51 bits per heavy atom. The Labute approximate surface area is 273 Å². The molecule has 7 nitrogen and oxygen atoms in total.